The molecule has 1 unspecified atom stereocenters. The van der Waals surface area contributed by atoms with E-state index in [1.165, 1.54) is 0 Å². The van der Waals surface area contributed by atoms with Crippen LogP contribution in [0.1, 0.15) is 24.5 Å². The molecule has 0 bridgehead atoms. The van der Waals surface area contributed by atoms with E-state index in [9.17, 15) is 4.79 Å². The number of hydrogen-bond donors (Lipinski definition) is 0. The van der Waals surface area contributed by atoms with E-state index in [0.717, 1.165) is 31.5 Å². The molecular formula is C14H19NO3. The van der Waals surface area contributed by atoms with Crippen LogP contribution in [0.25, 0.3) is 0 Å². The third-order valence-electron chi connectivity index (χ3n) is 3.30. The van der Waals surface area contributed by atoms with E-state index in [1.54, 1.807) is 14.2 Å². The van der Waals surface area contributed by atoms with Crippen LogP contribution in [-0.2, 0) is 9.53 Å². The van der Waals surface area contributed by atoms with Gasteiger partial charge in [-0.1, -0.05) is 18.2 Å². The topological polar surface area (TPSA) is 38.8 Å². The van der Waals surface area contributed by atoms with E-state index in [1.807, 2.05) is 29.2 Å². The van der Waals surface area contributed by atoms with E-state index in [4.69, 9.17) is 9.47 Å². The molecule has 1 amide bonds. The van der Waals surface area contributed by atoms with E-state index in [-0.39, 0.29) is 5.91 Å². The Balaban J connectivity index is 2.24. The summed E-state index contributed by atoms with van der Waals surface area (Å²) in [6, 6.07) is 7.50. The maximum absolute atomic E-state index is 12.4. The zero-order chi connectivity index (χ0) is 13.0. The number of rotatable bonds is 4. The molecule has 1 saturated heterocycles. The average Bonchev–Trinajstić information content (AvgIpc) is 2.94. The normalized spacial score (nSPS) is 16.7. The van der Waals surface area contributed by atoms with Crippen LogP contribution in [0.15, 0.2) is 24.3 Å². The number of carbonyl (C=O) groups excluding carboxylic acids is 1. The lowest BCUT2D eigenvalue weighted by Gasteiger charge is -2.23. The van der Waals surface area contributed by atoms with Crippen molar-refractivity contribution in [2.75, 3.05) is 27.3 Å². The quantitative estimate of drug-likeness (QED) is 0.819. The molecule has 0 radical (unpaired) electrons. The van der Waals surface area contributed by atoms with Gasteiger partial charge in [0.05, 0.1) is 7.11 Å². The van der Waals surface area contributed by atoms with Gasteiger partial charge in [0.2, 0.25) is 0 Å². The molecule has 1 aliphatic heterocycles. The molecule has 1 aromatic rings. The third kappa shape index (κ3) is 2.48. The van der Waals surface area contributed by atoms with E-state index < -0.39 is 6.10 Å². The Kier molecular flexibility index (Phi) is 4.20. The predicted octanol–water partition coefficient (Wildman–Crippen LogP) is 2.01. The van der Waals surface area contributed by atoms with Crippen molar-refractivity contribution in [2.45, 2.75) is 18.9 Å². The van der Waals surface area contributed by atoms with Crippen molar-refractivity contribution >= 4 is 5.91 Å². The second-order valence-corrected chi connectivity index (χ2v) is 4.39. The molecular weight excluding hydrogens is 230 g/mol. The fourth-order valence-electron chi connectivity index (χ4n) is 2.35. The lowest BCUT2D eigenvalue weighted by atomic mass is 10.1. The highest BCUT2D eigenvalue weighted by atomic mass is 16.5. The monoisotopic (exact) mass is 249 g/mol. The molecule has 0 spiro atoms. The van der Waals surface area contributed by atoms with Gasteiger partial charge in [-0.15, -0.1) is 0 Å². The van der Waals surface area contributed by atoms with Crippen LogP contribution in [-0.4, -0.2) is 38.1 Å². The zero-order valence-electron chi connectivity index (χ0n) is 10.9. The molecule has 1 atom stereocenters. The summed E-state index contributed by atoms with van der Waals surface area (Å²) in [7, 11) is 3.16. The summed E-state index contributed by atoms with van der Waals surface area (Å²) in [5.74, 6) is 0.719. The van der Waals surface area contributed by atoms with Crippen molar-refractivity contribution < 1.29 is 14.3 Å². The highest BCUT2D eigenvalue weighted by Gasteiger charge is 2.29. The van der Waals surface area contributed by atoms with Crippen molar-refractivity contribution in [3.8, 4) is 5.75 Å². The standard InChI is InChI=1S/C14H19NO3/c1-17-12-8-4-3-7-11(12)13(18-2)14(16)15-9-5-6-10-15/h3-4,7-8,13H,5-6,9-10H2,1-2H3. The molecule has 0 aromatic heterocycles. The summed E-state index contributed by atoms with van der Waals surface area (Å²) in [4.78, 5) is 14.3. The molecule has 1 aliphatic rings. The van der Waals surface area contributed by atoms with Gasteiger partial charge in [0, 0.05) is 25.8 Å². The fourth-order valence-corrected chi connectivity index (χ4v) is 2.35. The van der Waals surface area contributed by atoms with Crippen molar-refractivity contribution in [3.05, 3.63) is 29.8 Å². The van der Waals surface area contributed by atoms with Crippen molar-refractivity contribution in [1.29, 1.82) is 0 Å². The van der Waals surface area contributed by atoms with Crippen molar-refractivity contribution in [1.82, 2.24) is 4.90 Å². The smallest absolute Gasteiger partial charge is 0.256 e. The number of carbonyl (C=O) groups is 1. The van der Waals surface area contributed by atoms with E-state index >= 15 is 0 Å². The van der Waals surface area contributed by atoms with Crippen LogP contribution >= 0.6 is 0 Å². The van der Waals surface area contributed by atoms with Gasteiger partial charge < -0.3 is 14.4 Å². The summed E-state index contributed by atoms with van der Waals surface area (Å²) < 4.78 is 10.7. The molecule has 1 aromatic carbocycles. The second kappa shape index (κ2) is 5.87. The minimum atomic E-state index is -0.570. The molecule has 18 heavy (non-hydrogen) atoms. The maximum atomic E-state index is 12.4. The lowest BCUT2D eigenvalue weighted by molar-refractivity contribution is -0.141. The zero-order valence-corrected chi connectivity index (χ0v) is 10.9. The Hall–Kier alpha value is -1.55. The number of ether oxygens (including phenoxy) is 2. The minimum Gasteiger partial charge on any atom is -0.496 e. The molecule has 4 heteroatoms. The molecule has 0 N–H and O–H groups in total. The van der Waals surface area contributed by atoms with Crippen LogP contribution < -0.4 is 4.74 Å². The van der Waals surface area contributed by atoms with Gasteiger partial charge in [0.1, 0.15) is 5.75 Å². The Labute approximate surface area is 107 Å². The first-order valence-electron chi connectivity index (χ1n) is 6.22. The first-order valence-corrected chi connectivity index (χ1v) is 6.22. The summed E-state index contributed by atoms with van der Waals surface area (Å²) in [5, 5.41) is 0. The largest absolute Gasteiger partial charge is 0.496 e. The second-order valence-electron chi connectivity index (χ2n) is 4.39. The number of benzene rings is 1. The first-order chi connectivity index (χ1) is 8.77. The number of nitrogens with zero attached hydrogens (tertiary/aromatic N) is 1. The summed E-state index contributed by atoms with van der Waals surface area (Å²) in [6.07, 6.45) is 1.58. The predicted molar refractivity (Wildman–Crippen MR) is 68.6 cm³/mol. The average molecular weight is 249 g/mol. The lowest BCUT2D eigenvalue weighted by Crippen LogP contribution is -2.33. The molecule has 4 nitrogen and oxygen atoms in total. The van der Waals surface area contributed by atoms with Gasteiger partial charge >= 0.3 is 0 Å². The molecule has 98 valence electrons. The SMILES string of the molecule is COc1ccccc1C(OC)C(=O)N1CCCC1. The van der Waals surface area contributed by atoms with Gasteiger partial charge in [-0.25, -0.2) is 0 Å². The van der Waals surface area contributed by atoms with Gasteiger partial charge in [-0.05, 0) is 18.9 Å². The van der Waals surface area contributed by atoms with E-state index in [0.29, 0.717) is 5.75 Å². The summed E-state index contributed by atoms with van der Waals surface area (Å²) in [5.41, 5.74) is 0.791. The van der Waals surface area contributed by atoms with Crippen LogP contribution in [0.4, 0.5) is 0 Å². The maximum Gasteiger partial charge on any atom is 0.256 e. The molecule has 2 rings (SSSR count). The van der Waals surface area contributed by atoms with Crippen molar-refractivity contribution in [2.24, 2.45) is 0 Å². The van der Waals surface area contributed by atoms with Crippen LogP contribution in [0, 0.1) is 0 Å². The van der Waals surface area contributed by atoms with Crippen LogP contribution in [0.2, 0.25) is 0 Å². The van der Waals surface area contributed by atoms with Crippen LogP contribution in [0.5, 0.6) is 5.75 Å². The van der Waals surface area contributed by atoms with Gasteiger partial charge in [-0.3, -0.25) is 4.79 Å². The van der Waals surface area contributed by atoms with Gasteiger partial charge in [-0.2, -0.15) is 0 Å². The van der Waals surface area contributed by atoms with Gasteiger partial charge in [0.15, 0.2) is 6.10 Å². The van der Waals surface area contributed by atoms with Gasteiger partial charge in [0.25, 0.3) is 5.91 Å². The number of likely N-dealkylation sites (tertiary alicyclic amines) is 1. The highest BCUT2D eigenvalue weighted by Crippen LogP contribution is 2.29. The Morgan fingerprint density at radius 3 is 2.50 bits per heavy atom. The summed E-state index contributed by atoms with van der Waals surface area (Å²) >= 11 is 0. The molecule has 0 aliphatic carbocycles. The van der Waals surface area contributed by atoms with Crippen molar-refractivity contribution in [3.63, 3.8) is 0 Å². The first kappa shape index (κ1) is 12.9. The Morgan fingerprint density at radius 1 is 1.22 bits per heavy atom. The number of para-hydroxylation sites is 1. The molecule has 1 heterocycles. The third-order valence-corrected chi connectivity index (χ3v) is 3.30. The fraction of sp³-hybridized carbons (Fsp3) is 0.500. The Bertz CT molecular complexity index is 413. The highest BCUT2D eigenvalue weighted by molar-refractivity contribution is 5.83. The number of hydrogen-bond acceptors (Lipinski definition) is 3. The van der Waals surface area contributed by atoms with E-state index in [2.05, 4.69) is 0 Å². The Morgan fingerprint density at radius 2 is 1.89 bits per heavy atom. The number of methoxy groups -OCH3 is 2. The van der Waals surface area contributed by atoms with Crippen LogP contribution in [0.3, 0.4) is 0 Å². The summed E-state index contributed by atoms with van der Waals surface area (Å²) in [6.45, 7) is 1.65. The molecule has 0 saturated carbocycles. The molecule has 1 fully saturated rings. The minimum absolute atomic E-state index is 0.0273. The number of amides is 1.